The Morgan fingerprint density at radius 3 is 0.979 bits per heavy atom. The number of unbranched alkanes of at least 4 members (excludes halogenated alkanes) is 22. The highest BCUT2D eigenvalue weighted by molar-refractivity contribution is 6.00. The van der Waals surface area contributed by atoms with Gasteiger partial charge in [-0.2, -0.15) is 0 Å². The van der Waals surface area contributed by atoms with E-state index in [1.165, 1.54) is 128 Å². The molecule has 1 saturated carbocycles. The predicted octanol–water partition coefficient (Wildman–Crippen LogP) is 14.5. The first-order valence-corrected chi connectivity index (χ1v) is 22.0. The zero-order valence-corrected chi connectivity index (χ0v) is 33.0. The predicted molar refractivity (Wildman–Crippen MR) is 206 cm³/mol. The standard InChI is InChI=1S/C44H84O4/c1-5-9-13-15-17-19-21-23-25-27-30-36-40(34-11-7-3)47-42(45)44(38-32-29-33-39-44)43(46)48-41(35-12-8-4)37-31-28-26-24-22-20-18-16-14-10-6-2/h40-41H,5-39H2,1-4H3. The molecule has 1 rings (SSSR count). The second kappa shape index (κ2) is 31.9. The molecule has 0 N–H and O–H groups in total. The van der Waals surface area contributed by atoms with Crippen molar-refractivity contribution in [3.63, 3.8) is 0 Å². The summed E-state index contributed by atoms with van der Waals surface area (Å²) in [6.45, 7) is 8.96. The normalized spacial score (nSPS) is 15.7. The Bertz CT molecular complexity index is 673. The molecule has 2 atom stereocenters. The SMILES string of the molecule is CCCCCCCCCCCCCC(CCCC)OC(=O)C1(C(=O)OC(CCCC)CCCCCCCCCCCCC)CCCCC1. The van der Waals surface area contributed by atoms with Gasteiger partial charge in [-0.3, -0.25) is 9.59 Å². The van der Waals surface area contributed by atoms with Crippen LogP contribution in [0.5, 0.6) is 0 Å². The summed E-state index contributed by atoms with van der Waals surface area (Å²) >= 11 is 0. The molecule has 0 aromatic heterocycles. The lowest BCUT2D eigenvalue weighted by atomic mass is 9.74. The van der Waals surface area contributed by atoms with Crippen LogP contribution in [0.15, 0.2) is 0 Å². The lowest BCUT2D eigenvalue weighted by molar-refractivity contribution is -0.182. The summed E-state index contributed by atoms with van der Waals surface area (Å²) in [5.41, 5.74) is -1.10. The van der Waals surface area contributed by atoms with Gasteiger partial charge in [0.15, 0.2) is 5.41 Å². The van der Waals surface area contributed by atoms with E-state index in [9.17, 15) is 9.59 Å². The van der Waals surface area contributed by atoms with Crippen molar-refractivity contribution in [2.45, 2.75) is 265 Å². The molecule has 1 aliphatic rings. The smallest absolute Gasteiger partial charge is 0.323 e. The van der Waals surface area contributed by atoms with Crippen molar-refractivity contribution in [1.82, 2.24) is 0 Å². The topological polar surface area (TPSA) is 52.6 Å². The molecule has 0 aromatic carbocycles. The highest BCUT2D eigenvalue weighted by Crippen LogP contribution is 2.40. The van der Waals surface area contributed by atoms with E-state index in [4.69, 9.17) is 9.47 Å². The van der Waals surface area contributed by atoms with E-state index in [2.05, 4.69) is 27.7 Å². The maximum atomic E-state index is 14.0. The molecule has 284 valence electrons. The maximum absolute atomic E-state index is 14.0. The van der Waals surface area contributed by atoms with Crippen LogP contribution in [0.25, 0.3) is 0 Å². The Morgan fingerprint density at radius 1 is 0.396 bits per heavy atom. The van der Waals surface area contributed by atoms with Crippen LogP contribution in [0.3, 0.4) is 0 Å². The van der Waals surface area contributed by atoms with Crippen molar-refractivity contribution < 1.29 is 19.1 Å². The minimum atomic E-state index is -1.10. The summed E-state index contributed by atoms with van der Waals surface area (Å²) in [7, 11) is 0. The Balaban J connectivity index is 2.58. The molecule has 0 saturated heterocycles. The van der Waals surface area contributed by atoms with Crippen LogP contribution in [0, 0.1) is 5.41 Å². The van der Waals surface area contributed by atoms with Crippen LogP contribution >= 0.6 is 0 Å². The van der Waals surface area contributed by atoms with Gasteiger partial charge in [0.05, 0.1) is 0 Å². The third kappa shape index (κ3) is 21.9. The van der Waals surface area contributed by atoms with Gasteiger partial charge in [0, 0.05) is 0 Å². The maximum Gasteiger partial charge on any atom is 0.323 e. The van der Waals surface area contributed by atoms with Gasteiger partial charge in [-0.05, 0) is 51.4 Å². The van der Waals surface area contributed by atoms with Gasteiger partial charge in [-0.25, -0.2) is 0 Å². The molecule has 0 spiro atoms. The summed E-state index contributed by atoms with van der Waals surface area (Å²) in [6, 6.07) is 0. The molecular weight excluding hydrogens is 592 g/mol. The van der Waals surface area contributed by atoms with Gasteiger partial charge in [0.1, 0.15) is 12.2 Å². The lowest BCUT2D eigenvalue weighted by Gasteiger charge is -2.35. The zero-order chi connectivity index (χ0) is 35.0. The summed E-state index contributed by atoms with van der Waals surface area (Å²) < 4.78 is 12.6. The number of hydrogen-bond acceptors (Lipinski definition) is 4. The van der Waals surface area contributed by atoms with E-state index in [1.54, 1.807) is 0 Å². The molecule has 0 bridgehead atoms. The average Bonchev–Trinajstić information content (AvgIpc) is 3.10. The molecule has 0 amide bonds. The Morgan fingerprint density at radius 2 is 0.667 bits per heavy atom. The van der Waals surface area contributed by atoms with Crippen molar-refractivity contribution in [1.29, 1.82) is 0 Å². The fourth-order valence-electron chi connectivity index (χ4n) is 7.64. The molecule has 4 nitrogen and oxygen atoms in total. The number of carbonyl (C=O) groups is 2. The second-order valence-corrected chi connectivity index (χ2v) is 15.6. The molecule has 1 fully saturated rings. The fraction of sp³-hybridized carbons (Fsp3) is 0.955. The number of ether oxygens (including phenoxy) is 2. The van der Waals surface area contributed by atoms with Gasteiger partial charge in [0.2, 0.25) is 0 Å². The van der Waals surface area contributed by atoms with Crippen LogP contribution in [-0.4, -0.2) is 24.1 Å². The minimum absolute atomic E-state index is 0.0742. The first-order chi connectivity index (χ1) is 23.5. The van der Waals surface area contributed by atoms with Crippen LogP contribution in [-0.2, 0) is 19.1 Å². The minimum Gasteiger partial charge on any atom is -0.462 e. The van der Waals surface area contributed by atoms with Crippen molar-refractivity contribution in [2.24, 2.45) is 5.41 Å². The Hall–Kier alpha value is -1.06. The first kappa shape index (κ1) is 45.0. The summed E-state index contributed by atoms with van der Waals surface area (Å²) in [4.78, 5) is 27.9. The number of esters is 2. The summed E-state index contributed by atoms with van der Waals surface area (Å²) in [5, 5.41) is 0. The largest absolute Gasteiger partial charge is 0.462 e. The molecule has 2 unspecified atom stereocenters. The van der Waals surface area contributed by atoms with E-state index in [-0.39, 0.29) is 24.1 Å². The molecule has 0 aromatic rings. The lowest BCUT2D eigenvalue weighted by Crippen LogP contribution is -2.46. The van der Waals surface area contributed by atoms with E-state index < -0.39 is 5.41 Å². The Labute approximate surface area is 300 Å². The Kier molecular flexibility index (Phi) is 29.9. The van der Waals surface area contributed by atoms with Gasteiger partial charge < -0.3 is 9.47 Å². The van der Waals surface area contributed by atoms with E-state index in [0.717, 1.165) is 83.5 Å². The van der Waals surface area contributed by atoms with Crippen LogP contribution in [0.4, 0.5) is 0 Å². The van der Waals surface area contributed by atoms with Crippen molar-refractivity contribution in [3.05, 3.63) is 0 Å². The van der Waals surface area contributed by atoms with Crippen molar-refractivity contribution in [3.8, 4) is 0 Å². The fourth-order valence-corrected chi connectivity index (χ4v) is 7.64. The van der Waals surface area contributed by atoms with Crippen LogP contribution < -0.4 is 0 Å². The van der Waals surface area contributed by atoms with E-state index >= 15 is 0 Å². The monoisotopic (exact) mass is 677 g/mol. The van der Waals surface area contributed by atoms with Gasteiger partial charge >= 0.3 is 11.9 Å². The molecular formula is C44H84O4. The van der Waals surface area contributed by atoms with Crippen molar-refractivity contribution >= 4 is 11.9 Å². The van der Waals surface area contributed by atoms with E-state index in [1.807, 2.05) is 0 Å². The second-order valence-electron chi connectivity index (χ2n) is 15.6. The number of rotatable bonds is 34. The highest BCUT2D eigenvalue weighted by Gasteiger charge is 2.50. The molecule has 1 aliphatic carbocycles. The summed E-state index contributed by atoms with van der Waals surface area (Å²) in [6.07, 6.45) is 40.9. The molecule has 48 heavy (non-hydrogen) atoms. The van der Waals surface area contributed by atoms with Crippen LogP contribution in [0.2, 0.25) is 0 Å². The van der Waals surface area contributed by atoms with Gasteiger partial charge in [-0.15, -0.1) is 0 Å². The quantitative estimate of drug-likeness (QED) is 0.0387. The molecule has 0 aliphatic heterocycles. The molecule has 0 heterocycles. The van der Waals surface area contributed by atoms with Crippen molar-refractivity contribution in [2.75, 3.05) is 0 Å². The first-order valence-electron chi connectivity index (χ1n) is 22.0. The van der Waals surface area contributed by atoms with E-state index in [0.29, 0.717) is 12.8 Å². The average molecular weight is 677 g/mol. The highest BCUT2D eigenvalue weighted by atomic mass is 16.6. The number of hydrogen-bond donors (Lipinski definition) is 0. The zero-order valence-electron chi connectivity index (χ0n) is 33.0. The van der Waals surface area contributed by atoms with Gasteiger partial charge in [-0.1, -0.05) is 201 Å². The van der Waals surface area contributed by atoms with Gasteiger partial charge in [0.25, 0.3) is 0 Å². The number of carbonyl (C=O) groups excluding carboxylic acids is 2. The van der Waals surface area contributed by atoms with Crippen LogP contribution in [0.1, 0.15) is 252 Å². The summed E-state index contributed by atoms with van der Waals surface area (Å²) in [5.74, 6) is -0.555. The molecule has 0 radical (unpaired) electrons. The third-order valence-corrected chi connectivity index (χ3v) is 11.1. The third-order valence-electron chi connectivity index (χ3n) is 11.1. The molecule has 4 heteroatoms.